The predicted molar refractivity (Wildman–Crippen MR) is 85.0 cm³/mol. The van der Waals surface area contributed by atoms with Crippen LogP contribution in [-0.2, 0) is 6.42 Å². The number of hydrogen-bond donors (Lipinski definition) is 1. The van der Waals surface area contributed by atoms with Crippen molar-refractivity contribution in [2.45, 2.75) is 6.42 Å². The minimum Gasteiger partial charge on any atom is -0.370 e. The van der Waals surface area contributed by atoms with Gasteiger partial charge in [-0.15, -0.1) is 0 Å². The van der Waals surface area contributed by atoms with E-state index < -0.39 is 0 Å². The molecule has 0 saturated heterocycles. The van der Waals surface area contributed by atoms with Crippen molar-refractivity contribution in [1.82, 2.24) is 14.8 Å². The first-order valence-corrected chi connectivity index (χ1v) is 7.13. The second-order valence-electron chi connectivity index (χ2n) is 4.66. The maximum Gasteiger partial charge on any atom is 0.128 e. The summed E-state index contributed by atoms with van der Waals surface area (Å²) in [4.78, 5) is 4.32. The van der Waals surface area contributed by atoms with Gasteiger partial charge >= 0.3 is 0 Å². The van der Waals surface area contributed by atoms with Gasteiger partial charge in [0.15, 0.2) is 0 Å². The number of nitrogens with zero attached hydrogens (tertiary/aromatic N) is 3. The summed E-state index contributed by atoms with van der Waals surface area (Å²) in [5.41, 5.74) is 2.19. The Hall–Kier alpha value is -2.33. The number of pyridine rings is 1. The van der Waals surface area contributed by atoms with Gasteiger partial charge in [-0.1, -0.05) is 23.7 Å². The van der Waals surface area contributed by atoms with Crippen LogP contribution in [0.1, 0.15) is 5.56 Å². The molecule has 0 aliphatic rings. The zero-order valence-electron chi connectivity index (χ0n) is 11.4. The molecule has 0 bridgehead atoms. The number of rotatable bonds is 5. The number of nitrogens with one attached hydrogen (secondary N) is 1. The van der Waals surface area contributed by atoms with Crippen molar-refractivity contribution < 1.29 is 0 Å². The van der Waals surface area contributed by atoms with Gasteiger partial charge in [-0.3, -0.25) is 0 Å². The minimum atomic E-state index is 0.770. The van der Waals surface area contributed by atoms with Crippen LogP contribution in [0.25, 0.3) is 5.69 Å². The van der Waals surface area contributed by atoms with E-state index in [0.29, 0.717) is 0 Å². The minimum absolute atomic E-state index is 0.770. The van der Waals surface area contributed by atoms with Crippen LogP contribution >= 0.6 is 11.6 Å². The molecule has 0 amide bonds. The van der Waals surface area contributed by atoms with Crippen LogP contribution in [0.4, 0.5) is 5.82 Å². The van der Waals surface area contributed by atoms with Gasteiger partial charge in [-0.2, -0.15) is 5.10 Å². The van der Waals surface area contributed by atoms with Crippen LogP contribution < -0.4 is 5.32 Å². The van der Waals surface area contributed by atoms with E-state index in [2.05, 4.69) is 21.5 Å². The molecule has 0 fully saturated rings. The lowest BCUT2D eigenvalue weighted by molar-refractivity contribution is 0.877. The van der Waals surface area contributed by atoms with Crippen LogP contribution in [0, 0.1) is 0 Å². The number of hydrogen-bond acceptors (Lipinski definition) is 3. The van der Waals surface area contributed by atoms with Crippen molar-refractivity contribution in [3.63, 3.8) is 0 Å². The van der Waals surface area contributed by atoms with Gasteiger partial charge in [0, 0.05) is 36.2 Å². The van der Waals surface area contributed by atoms with Crippen molar-refractivity contribution in [3.05, 3.63) is 71.6 Å². The maximum atomic E-state index is 5.98. The summed E-state index contributed by atoms with van der Waals surface area (Å²) in [5, 5.41) is 8.30. The number of halogens is 1. The molecule has 0 spiro atoms. The Morgan fingerprint density at radius 3 is 2.86 bits per heavy atom. The third-order valence-corrected chi connectivity index (χ3v) is 3.36. The highest BCUT2D eigenvalue weighted by Gasteiger charge is 2.00. The van der Waals surface area contributed by atoms with Crippen molar-refractivity contribution in [3.8, 4) is 5.69 Å². The molecule has 2 heterocycles. The average molecular weight is 299 g/mol. The summed E-state index contributed by atoms with van der Waals surface area (Å²) in [6.07, 6.45) is 6.34. The molecule has 3 rings (SSSR count). The van der Waals surface area contributed by atoms with Crippen molar-refractivity contribution in [2.75, 3.05) is 11.9 Å². The SMILES string of the molecule is Clc1cccc(CCNc2cc(-n3cccn3)ccn2)c1. The summed E-state index contributed by atoms with van der Waals surface area (Å²) in [6.45, 7) is 0.801. The zero-order chi connectivity index (χ0) is 14.5. The van der Waals surface area contributed by atoms with Gasteiger partial charge < -0.3 is 5.32 Å². The largest absolute Gasteiger partial charge is 0.370 e. The molecule has 0 atom stereocenters. The van der Waals surface area contributed by atoms with Gasteiger partial charge in [0.05, 0.1) is 5.69 Å². The van der Waals surface area contributed by atoms with E-state index in [1.807, 2.05) is 47.3 Å². The highest BCUT2D eigenvalue weighted by molar-refractivity contribution is 6.30. The third-order valence-electron chi connectivity index (χ3n) is 3.12. The molecule has 0 saturated carbocycles. The van der Waals surface area contributed by atoms with Crippen molar-refractivity contribution in [2.24, 2.45) is 0 Å². The number of benzene rings is 1. The summed E-state index contributed by atoms with van der Waals surface area (Å²) < 4.78 is 1.81. The van der Waals surface area contributed by atoms with Crippen LogP contribution in [0.2, 0.25) is 5.02 Å². The molecule has 0 aliphatic carbocycles. The van der Waals surface area contributed by atoms with E-state index in [-0.39, 0.29) is 0 Å². The van der Waals surface area contributed by atoms with Gasteiger partial charge in [0.1, 0.15) is 5.82 Å². The highest BCUT2D eigenvalue weighted by Crippen LogP contribution is 2.13. The van der Waals surface area contributed by atoms with Crippen LogP contribution in [0.5, 0.6) is 0 Å². The topological polar surface area (TPSA) is 42.7 Å². The molecule has 4 nitrogen and oxygen atoms in total. The molecule has 2 aromatic heterocycles. The van der Waals surface area contributed by atoms with E-state index in [1.54, 1.807) is 12.4 Å². The average Bonchev–Trinajstić information content (AvgIpc) is 3.02. The fourth-order valence-electron chi connectivity index (χ4n) is 2.11. The quantitative estimate of drug-likeness (QED) is 0.783. The first-order chi connectivity index (χ1) is 10.3. The Labute approximate surface area is 128 Å². The van der Waals surface area contributed by atoms with E-state index in [4.69, 9.17) is 11.6 Å². The lowest BCUT2D eigenvalue weighted by atomic mass is 10.1. The molecule has 21 heavy (non-hydrogen) atoms. The Balaban J connectivity index is 1.62. The van der Waals surface area contributed by atoms with E-state index >= 15 is 0 Å². The molecular formula is C16H15ClN4. The Kier molecular flexibility index (Phi) is 4.17. The van der Waals surface area contributed by atoms with Crippen LogP contribution in [0.15, 0.2) is 61.1 Å². The van der Waals surface area contributed by atoms with Crippen LogP contribution in [-0.4, -0.2) is 21.3 Å². The Morgan fingerprint density at radius 2 is 2.05 bits per heavy atom. The molecule has 106 valence electrons. The van der Waals surface area contributed by atoms with Gasteiger partial charge in [0.2, 0.25) is 0 Å². The zero-order valence-corrected chi connectivity index (χ0v) is 12.2. The first kappa shape index (κ1) is 13.6. The standard InChI is InChI=1S/C16H15ClN4/c17-14-4-1-3-13(11-14)5-8-18-16-12-15(6-9-19-16)21-10-2-7-20-21/h1-4,6-7,9-12H,5,8H2,(H,18,19). The van der Waals surface area contributed by atoms with Crippen LogP contribution in [0.3, 0.4) is 0 Å². The van der Waals surface area contributed by atoms with E-state index in [1.165, 1.54) is 5.56 Å². The summed E-state index contributed by atoms with van der Waals surface area (Å²) >= 11 is 5.98. The molecule has 5 heteroatoms. The maximum absolute atomic E-state index is 5.98. The Bertz CT molecular complexity index is 710. The lowest BCUT2D eigenvalue weighted by Gasteiger charge is -2.08. The normalized spacial score (nSPS) is 10.5. The predicted octanol–water partition coefficient (Wildman–Crippen LogP) is 3.58. The Morgan fingerprint density at radius 1 is 1.10 bits per heavy atom. The van der Waals surface area contributed by atoms with Gasteiger partial charge in [-0.05, 0) is 36.2 Å². The van der Waals surface area contributed by atoms with Gasteiger partial charge in [0.25, 0.3) is 0 Å². The molecule has 0 radical (unpaired) electrons. The third kappa shape index (κ3) is 3.61. The fraction of sp³-hybridized carbons (Fsp3) is 0.125. The second-order valence-corrected chi connectivity index (χ2v) is 5.09. The lowest BCUT2D eigenvalue weighted by Crippen LogP contribution is -2.07. The molecule has 0 aliphatic heterocycles. The smallest absolute Gasteiger partial charge is 0.128 e. The molecule has 3 aromatic rings. The molecule has 1 aromatic carbocycles. The summed E-state index contributed by atoms with van der Waals surface area (Å²) in [7, 11) is 0. The molecule has 1 N–H and O–H groups in total. The second kappa shape index (κ2) is 6.41. The molecule has 0 unspecified atom stereocenters. The molecular weight excluding hydrogens is 284 g/mol. The van der Waals surface area contributed by atoms with E-state index in [9.17, 15) is 0 Å². The van der Waals surface area contributed by atoms with Gasteiger partial charge in [-0.25, -0.2) is 9.67 Å². The van der Waals surface area contributed by atoms with Crippen molar-refractivity contribution >= 4 is 17.4 Å². The monoisotopic (exact) mass is 298 g/mol. The summed E-state index contributed by atoms with van der Waals surface area (Å²) in [5.74, 6) is 0.838. The highest BCUT2D eigenvalue weighted by atomic mass is 35.5. The number of anilines is 1. The fourth-order valence-corrected chi connectivity index (χ4v) is 2.32. The first-order valence-electron chi connectivity index (χ1n) is 6.76. The van der Waals surface area contributed by atoms with Crippen molar-refractivity contribution in [1.29, 1.82) is 0 Å². The van der Waals surface area contributed by atoms with E-state index in [0.717, 1.165) is 29.5 Å². The summed E-state index contributed by atoms with van der Waals surface area (Å²) in [6, 6.07) is 13.7. The number of aromatic nitrogens is 3.